The molecule has 0 bridgehead atoms. The van der Waals surface area contributed by atoms with Crippen molar-refractivity contribution in [2.45, 2.75) is 38.0 Å². The number of carbonyl (C=O) groups excluding carboxylic acids is 1. The van der Waals surface area contributed by atoms with Gasteiger partial charge in [-0.2, -0.15) is 5.10 Å². The maximum atomic E-state index is 10.3. The van der Waals surface area contributed by atoms with Crippen LogP contribution in [0.1, 0.15) is 43.6 Å². The molecule has 0 aromatic carbocycles. The predicted molar refractivity (Wildman–Crippen MR) is 54.1 cm³/mol. The van der Waals surface area contributed by atoms with Crippen LogP contribution in [0.5, 0.6) is 0 Å². The van der Waals surface area contributed by atoms with Gasteiger partial charge in [0.05, 0.1) is 0 Å². The third kappa shape index (κ3) is 1.78. The van der Waals surface area contributed by atoms with E-state index in [0.717, 1.165) is 5.56 Å². The first kappa shape index (κ1) is 9.24. The van der Waals surface area contributed by atoms with E-state index in [-0.39, 0.29) is 0 Å². The van der Waals surface area contributed by atoms with Crippen molar-refractivity contribution in [3.05, 3.63) is 11.8 Å². The zero-order valence-electron chi connectivity index (χ0n) is 8.12. The maximum absolute atomic E-state index is 10.3. The van der Waals surface area contributed by atoms with Gasteiger partial charge >= 0.3 is 0 Å². The molecule has 4 heteroatoms. The number of H-pyrrole nitrogens is 1. The van der Waals surface area contributed by atoms with Crippen molar-refractivity contribution in [3.63, 3.8) is 0 Å². The summed E-state index contributed by atoms with van der Waals surface area (Å²) in [6.45, 7) is 0. The van der Waals surface area contributed by atoms with Gasteiger partial charge in [-0.15, -0.1) is 0 Å². The zero-order chi connectivity index (χ0) is 9.80. The Labute approximate surface area is 83.1 Å². The number of aromatic amines is 1. The molecule has 1 saturated carbocycles. The van der Waals surface area contributed by atoms with Crippen molar-refractivity contribution in [3.8, 4) is 0 Å². The second-order valence-corrected chi connectivity index (χ2v) is 3.79. The molecule has 1 aromatic heterocycles. The monoisotopic (exact) mass is 193 g/mol. The van der Waals surface area contributed by atoms with Crippen LogP contribution in [0.15, 0.2) is 6.20 Å². The Bertz CT molecular complexity index is 302. The maximum Gasteiger partial charge on any atom is 0.212 e. The fraction of sp³-hybridized carbons (Fsp3) is 0.600. The highest BCUT2D eigenvalue weighted by molar-refractivity contribution is 5.70. The summed E-state index contributed by atoms with van der Waals surface area (Å²) in [5.74, 6) is 1.27. The van der Waals surface area contributed by atoms with Crippen molar-refractivity contribution in [2.24, 2.45) is 0 Å². The van der Waals surface area contributed by atoms with E-state index >= 15 is 0 Å². The molecule has 0 radical (unpaired) electrons. The van der Waals surface area contributed by atoms with Crippen LogP contribution in [0.4, 0.5) is 5.82 Å². The van der Waals surface area contributed by atoms with Gasteiger partial charge in [0.2, 0.25) is 6.41 Å². The van der Waals surface area contributed by atoms with Gasteiger partial charge in [-0.1, -0.05) is 19.3 Å². The molecule has 1 amide bonds. The summed E-state index contributed by atoms with van der Waals surface area (Å²) in [7, 11) is 0. The number of rotatable bonds is 3. The lowest BCUT2D eigenvalue weighted by molar-refractivity contribution is -0.105. The molecule has 2 N–H and O–H groups in total. The number of hydrogen-bond acceptors (Lipinski definition) is 2. The Morgan fingerprint density at radius 2 is 2.21 bits per heavy atom. The molecule has 0 saturated heterocycles. The largest absolute Gasteiger partial charge is 0.312 e. The van der Waals surface area contributed by atoms with E-state index in [9.17, 15) is 4.79 Å². The van der Waals surface area contributed by atoms with Crippen molar-refractivity contribution < 1.29 is 4.79 Å². The van der Waals surface area contributed by atoms with Gasteiger partial charge in [-0.05, 0) is 18.8 Å². The molecule has 76 valence electrons. The SMILES string of the molecule is O=CNc1n[nH]cc1C1CCCCC1. The van der Waals surface area contributed by atoms with Crippen LogP contribution in [0.3, 0.4) is 0 Å². The third-order valence-electron chi connectivity index (χ3n) is 2.91. The molecule has 2 rings (SSSR count). The summed E-state index contributed by atoms with van der Waals surface area (Å²) < 4.78 is 0. The Morgan fingerprint density at radius 3 is 2.93 bits per heavy atom. The van der Waals surface area contributed by atoms with Gasteiger partial charge in [0, 0.05) is 11.8 Å². The highest BCUT2D eigenvalue weighted by Crippen LogP contribution is 2.35. The number of aromatic nitrogens is 2. The summed E-state index contributed by atoms with van der Waals surface area (Å²) in [4.78, 5) is 10.3. The molecule has 1 aliphatic rings. The zero-order valence-corrected chi connectivity index (χ0v) is 8.12. The lowest BCUT2D eigenvalue weighted by Crippen LogP contribution is -2.06. The number of carbonyl (C=O) groups is 1. The van der Waals surface area contributed by atoms with Crippen molar-refractivity contribution in [2.75, 3.05) is 5.32 Å². The average molecular weight is 193 g/mol. The lowest BCUT2D eigenvalue weighted by atomic mass is 9.85. The molecule has 0 aliphatic heterocycles. The molecule has 1 aromatic rings. The van der Waals surface area contributed by atoms with Crippen LogP contribution in [0, 0.1) is 0 Å². The molecule has 1 aliphatic carbocycles. The summed E-state index contributed by atoms with van der Waals surface area (Å²) in [5.41, 5.74) is 1.16. The fourth-order valence-electron chi connectivity index (χ4n) is 2.20. The molecule has 4 nitrogen and oxygen atoms in total. The summed E-state index contributed by atoms with van der Waals surface area (Å²) in [5, 5.41) is 9.45. The van der Waals surface area contributed by atoms with Gasteiger partial charge in [0.25, 0.3) is 0 Å². The number of hydrogen-bond donors (Lipinski definition) is 2. The first-order valence-electron chi connectivity index (χ1n) is 5.15. The average Bonchev–Trinajstić information content (AvgIpc) is 2.68. The molecule has 14 heavy (non-hydrogen) atoms. The number of nitrogens with zero attached hydrogens (tertiary/aromatic N) is 1. The predicted octanol–water partition coefficient (Wildman–Crippen LogP) is 2.03. The third-order valence-corrected chi connectivity index (χ3v) is 2.91. The van der Waals surface area contributed by atoms with Crippen LogP contribution in [0.2, 0.25) is 0 Å². The minimum Gasteiger partial charge on any atom is -0.312 e. The van der Waals surface area contributed by atoms with Gasteiger partial charge in [0.15, 0.2) is 5.82 Å². The molecular formula is C10H15N3O. The summed E-state index contributed by atoms with van der Waals surface area (Å²) >= 11 is 0. The van der Waals surface area contributed by atoms with Crippen LogP contribution in [-0.2, 0) is 4.79 Å². The topological polar surface area (TPSA) is 57.8 Å². The quantitative estimate of drug-likeness (QED) is 0.721. The van der Waals surface area contributed by atoms with Crippen LogP contribution < -0.4 is 5.32 Å². The van der Waals surface area contributed by atoms with Crippen LogP contribution in [0.25, 0.3) is 0 Å². The van der Waals surface area contributed by atoms with E-state index in [1.165, 1.54) is 32.1 Å². The van der Waals surface area contributed by atoms with Gasteiger partial charge in [-0.3, -0.25) is 9.89 Å². The Balaban J connectivity index is 2.12. The van der Waals surface area contributed by atoms with E-state index in [0.29, 0.717) is 18.1 Å². The van der Waals surface area contributed by atoms with E-state index in [1.54, 1.807) is 0 Å². The fourth-order valence-corrected chi connectivity index (χ4v) is 2.20. The van der Waals surface area contributed by atoms with Gasteiger partial charge in [-0.25, -0.2) is 0 Å². The Morgan fingerprint density at radius 1 is 1.43 bits per heavy atom. The first-order chi connectivity index (χ1) is 6.92. The summed E-state index contributed by atoms with van der Waals surface area (Å²) in [6, 6.07) is 0. The number of nitrogens with one attached hydrogen (secondary N) is 2. The Hall–Kier alpha value is -1.32. The van der Waals surface area contributed by atoms with Crippen molar-refractivity contribution >= 4 is 12.2 Å². The minimum atomic E-state index is 0.574. The van der Waals surface area contributed by atoms with Crippen molar-refractivity contribution in [1.82, 2.24) is 10.2 Å². The second-order valence-electron chi connectivity index (χ2n) is 3.79. The highest BCUT2D eigenvalue weighted by Gasteiger charge is 2.19. The van der Waals surface area contributed by atoms with Gasteiger partial charge < -0.3 is 5.32 Å². The van der Waals surface area contributed by atoms with E-state index in [1.807, 2.05) is 6.20 Å². The van der Waals surface area contributed by atoms with E-state index < -0.39 is 0 Å². The minimum absolute atomic E-state index is 0.574. The smallest absolute Gasteiger partial charge is 0.212 e. The first-order valence-corrected chi connectivity index (χ1v) is 5.15. The molecule has 0 unspecified atom stereocenters. The van der Waals surface area contributed by atoms with Gasteiger partial charge in [0.1, 0.15) is 0 Å². The standard InChI is InChI=1S/C10H15N3O/c14-7-11-10-9(6-12-13-10)8-4-2-1-3-5-8/h6-8H,1-5H2,(H2,11,12,13,14). The molecule has 1 heterocycles. The normalized spacial score (nSPS) is 18.0. The molecule has 0 spiro atoms. The highest BCUT2D eigenvalue weighted by atomic mass is 16.1. The second kappa shape index (κ2) is 4.26. The molecule has 0 atom stereocenters. The summed E-state index contributed by atoms with van der Waals surface area (Å²) in [6.07, 6.45) is 8.93. The van der Waals surface area contributed by atoms with Crippen molar-refractivity contribution in [1.29, 1.82) is 0 Å². The van der Waals surface area contributed by atoms with Crippen LogP contribution >= 0.6 is 0 Å². The molecule has 1 fully saturated rings. The lowest BCUT2D eigenvalue weighted by Gasteiger charge is -2.20. The van der Waals surface area contributed by atoms with E-state index in [4.69, 9.17) is 0 Å². The van der Waals surface area contributed by atoms with E-state index in [2.05, 4.69) is 15.5 Å². The molecular weight excluding hydrogens is 178 g/mol. The number of amides is 1. The van der Waals surface area contributed by atoms with Crippen LogP contribution in [-0.4, -0.2) is 16.6 Å². The number of anilines is 1. The Kier molecular flexibility index (Phi) is 2.81.